The van der Waals surface area contributed by atoms with E-state index in [1.807, 2.05) is 75.4 Å². The molecule has 0 bridgehead atoms. The van der Waals surface area contributed by atoms with Crippen LogP contribution in [-0.2, 0) is 9.59 Å². The van der Waals surface area contributed by atoms with Crippen LogP contribution in [0.5, 0.6) is 0 Å². The summed E-state index contributed by atoms with van der Waals surface area (Å²) in [5.74, 6) is -1.16. The number of amides is 2. The van der Waals surface area contributed by atoms with Crippen LogP contribution in [0.3, 0.4) is 0 Å². The number of aryl methyl sites for hydroxylation is 3. The van der Waals surface area contributed by atoms with Crippen molar-refractivity contribution in [3.05, 3.63) is 116 Å². The van der Waals surface area contributed by atoms with Gasteiger partial charge in [-0.1, -0.05) is 65.8 Å². The van der Waals surface area contributed by atoms with E-state index in [-0.39, 0.29) is 17.6 Å². The molecule has 3 aromatic carbocycles. The number of hydrogen-bond donors (Lipinski definition) is 3. The van der Waals surface area contributed by atoms with E-state index >= 15 is 0 Å². The number of halogens is 1. The van der Waals surface area contributed by atoms with Gasteiger partial charge in [0.05, 0.1) is 28.3 Å². The largest absolute Gasteiger partial charge is 0.353 e. The van der Waals surface area contributed by atoms with Crippen LogP contribution < -0.4 is 16.0 Å². The number of benzene rings is 3. The summed E-state index contributed by atoms with van der Waals surface area (Å²) >= 11 is 7.82. The second-order valence-corrected chi connectivity index (χ2v) is 10.8. The number of rotatable bonds is 7. The maximum atomic E-state index is 13.7. The molecule has 4 rings (SSSR count). The molecule has 0 saturated heterocycles. The van der Waals surface area contributed by atoms with Crippen molar-refractivity contribution in [3.63, 3.8) is 0 Å². The minimum atomic E-state index is -0.709. The Hall–Kier alpha value is -3.99. The quantitative estimate of drug-likeness (QED) is 0.292. The van der Waals surface area contributed by atoms with Crippen molar-refractivity contribution in [2.75, 3.05) is 16.4 Å². The minimum Gasteiger partial charge on any atom is -0.353 e. The summed E-state index contributed by atoms with van der Waals surface area (Å²) in [7, 11) is 0. The van der Waals surface area contributed by atoms with E-state index in [1.54, 1.807) is 19.1 Å². The summed E-state index contributed by atoms with van der Waals surface area (Å²) in [6.45, 7) is 7.66. The number of thioether (sulfide) groups is 1. The molecule has 3 aromatic rings. The number of nitrogens with one attached hydrogen (secondary N) is 3. The predicted octanol–water partition coefficient (Wildman–Crippen LogP) is 6.97. The molecule has 0 fully saturated rings. The molecule has 0 radical (unpaired) electrons. The van der Waals surface area contributed by atoms with Crippen molar-refractivity contribution in [3.8, 4) is 6.07 Å². The van der Waals surface area contributed by atoms with E-state index in [0.717, 1.165) is 22.4 Å². The normalized spacial score (nSPS) is 14.9. The maximum absolute atomic E-state index is 13.7. The molecule has 2 amide bonds. The van der Waals surface area contributed by atoms with Gasteiger partial charge >= 0.3 is 0 Å². The van der Waals surface area contributed by atoms with Gasteiger partial charge in [-0.05, 0) is 74.2 Å². The molecule has 3 N–H and O–H groups in total. The first-order chi connectivity index (χ1) is 18.7. The number of nitrogens with zero attached hydrogens (tertiary/aromatic N) is 1. The molecule has 1 heterocycles. The lowest BCUT2D eigenvalue weighted by Gasteiger charge is -2.30. The molecule has 0 aromatic heterocycles. The Morgan fingerprint density at radius 2 is 1.64 bits per heavy atom. The molecule has 198 valence electrons. The van der Waals surface area contributed by atoms with Crippen LogP contribution in [0.1, 0.15) is 35.1 Å². The zero-order valence-electron chi connectivity index (χ0n) is 22.2. The van der Waals surface area contributed by atoms with Crippen molar-refractivity contribution in [1.82, 2.24) is 5.32 Å². The van der Waals surface area contributed by atoms with Gasteiger partial charge in [-0.3, -0.25) is 9.59 Å². The molecule has 1 atom stereocenters. The highest BCUT2D eigenvalue weighted by atomic mass is 35.5. The molecular formula is C31H29ClN4O2S. The third-order valence-electron chi connectivity index (χ3n) is 6.35. The molecule has 39 heavy (non-hydrogen) atoms. The average Bonchev–Trinajstić information content (AvgIpc) is 2.88. The van der Waals surface area contributed by atoms with Crippen LogP contribution >= 0.6 is 23.4 Å². The number of dihydropyridines is 1. The predicted molar refractivity (Wildman–Crippen MR) is 159 cm³/mol. The van der Waals surface area contributed by atoms with Gasteiger partial charge in [0, 0.05) is 27.7 Å². The number of anilines is 2. The van der Waals surface area contributed by atoms with Crippen LogP contribution in [0.4, 0.5) is 11.4 Å². The molecule has 0 spiro atoms. The first-order valence-electron chi connectivity index (χ1n) is 12.4. The zero-order valence-corrected chi connectivity index (χ0v) is 23.8. The zero-order chi connectivity index (χ0) is 28.1. The molecule has 0 aliphatic carbocycles. The van der Waals surface area contributed by atoms with E-state index in [1.165, 1.54) is 11.8 Å². The third kappa shape index (κ3) is 6.54. The van der Waals surface area contributed by atoms with Crippen molar-refractivity contribution >= 4 is 46.6 Å². The lowest BCUT2D eigenvalue weighted by molar-refractivity contribution is -0.114. The standard InChI is InChI=1S/C31H29ClN4O2S/c1-18-13-19(2)15-22(14-18)35-27(37)17-39-31-24(16-33)29(23-10-6-7-11-25(23)32)28(21(4)34-31)30(38)36-26-12-8-5-9-20(26)3/h5-15,29,34H,17H2,1-4H3,(H,35,37)(H,36,38)/t29-/m1/s1. The lowest BCUT2D eigenvalue weighted by atomic mass is 9.82. The SMILES string of the molecule is CC1=C(C(=O)Nc2ccccc2C)[C@H](c2ccccc2Cl)C(C#N)=C(SCC(=O)Nc2cc(C)cc(C)c2)N1. The molecule has 0 saturated carbocycles. The number of allylic oxidation sites excluding steroid dienone is 2. The molecule has 1 aliphatic rings. The van der Waals surface area contributed by atoms with Crippen molar-refractivity contribution in [2.24, 2.45) is 0 Å². The monoisotopic (exact) mass is 556 g/mol. The molecule has 8 heteroatoms. The van der Waals surface area contributed by atoms with Gasteiger partial charge in [-0.25, -0.2) is 0 Å². The van der Waals surface area contributed by atoms with E-state index in [0.29, 0.717) is 38.1 Å². The molecule has 0 unspecified atom stereocenters. The summed E-state index contributed by atoms with van der Waals surface area (Å²) in [6, 6.07) is 22.9. The minimum absolute atomic E-state index is 0.0771. The van der Waals surface area contributed by atoms with Gasteiger partial charge in [0.2, 0.25) is 5.91 Å². The van der Waals surface area contributed by atoms with Gasteiger partial charge in [0.1, 0.15) is 0 Å². The van der Waals surface area contributed by atoms with Gasteiger partial charge in [0.25, 0.3) is 5.91 Å². The fourth-order valence-corrected chi connectivity index (χ4v) is 5.77. The summed E-state index contributed by atoms with van der Waals surface area (Å²) in [4.78, 5) is 26.5. The fraction of sp³-hybridized carbons (Fsp3) is 0.194. The summed E-state index contributed by atoms with van der Waals surface area (Å²) in [5, 5.41) is 20.4. The summed E-state index contributed by atoms with van der Waals surface area (Å²) in [5.41, 5.74) is 6.40. The number of nitriles is 1. The number of hydrogen-bond acceptors (Lipinski definition) is 5. The maximum Gasteiger partial charge on any atom is 0.254 e. The Morgan fingerprint density at radius 3 is 2.31 bits per heavy atom. The van der Waals surface area contributed by atoms with Gasteiger partial charge in [-0.15, -0.1) is 0 Å². The van der Waals surface area contributed by atoms with E-state index in [9.17, 15) is 14.9 Å². The first kappa shape index (κ1) is 28.0. The van der Waals surface area contributed by atoms with Crippen molar-refractivity contribution < 1.29 is 9.59 Å². The highest BCUT2D eigenvalue weighted by Crippen LogP contribution is 2.43. The van der Waals surface area contributed by atoms with Gasteiger partial charge in [-0.2, -0.15) is 5.26 Å². The molecule has 1 aliphatic heterocycles. The molecule has 6 nitrogen and oxygen atoms in total. The smallest absolute Gasteiger partial charge is 0.254 e. The highest BCUT2D eigenvalue weighted by molar-refractivity contribution is 8.03. The third-order valence-corrected chi connectivity index (χ3v) is 7.72. The Labute approximate surface area is 238 Å². The van der Waals surface area contributed by atoms with Crippen molar-refractivity contribution in [2.45, 2.75) is 33.6 Å². The molecular weight excluding hydrogens is 528 g/mol. The van der Waals surface area contributed by atoms with Crippen LogP contribution in [0.25, 0.3) is 0 Å². The summed E-state index contributed by atoms with van der Waals surface area (Å²) in [6.07, 6.45) is 0. The number of para-hydroxylation sites is 1. The van der Waals surface area contributed by atoms with E-state index in [2.05, 4.69) is 22.0 Å². The Bertz CT molecular complexity index is 1530. The van der Waals surface area contributed by atoms with Crippen LogP contribution in [-0.4, -0.2) is 17.6 Å². The van der Waals surface area contributed by atoms with Crippen LogP contribution in [0, 0.1) is 32.1 Å². The Kier molecular flexibility index (Phi) is 8.80. The first-order valence-corrected chi connectivity index (χ1v) is 13.8. The van der Waals surface area contributed by atoms with Crippen LogP contribution in [0.2, 0.25) is 5.02 Å². The van der Waals surface area contributed by atoms with Crippen molar-refractivity contribution in [1.29, 1.82) is 5.26 Å². The average molecular weight is 557 g/mol. The fourth-order valence-electron chi connectivity index (χ4n) is 4.63. The lowest BCUT2D eigenvalue weighted by Crippen LogP contribution is -2.31. The number of carbonyl (C=O) groups excluding carboxylic acids is 2. The van der Waals surface area contributed by atoms with Gasteiger partial charge < -0.3 is 16.0 Å². The Balaban J connectivity index is 1.65. The summed E-state index contributed by atoms with van der Waals surface area (Å²) < 4.78 is 0. The number of carbonyl (C=O) groups is 2. The van der Waals surface area contributed by atoms with E-state index < -0.39 is 5.92 Å². The second kappa shape index (κ2) is 12.2. The topological polar surface area (TPSA) is 94.0 Å². The van der Waals surface area contributed by atoms with Gasteiger partial charge in [0.15, 0.2) is 0 Å². The van der Waals surface area contributed by atoms with E-state index in [4.69, 9.17) is 11.6 Å². The van der Waals surface area contributed by atoms with Crippen LogP contribution in [0.15, 0.2) is 88.6 Å². The second-order valence-electron chi connectivity index (χ2n) is 9.46. The highest BCUT2D eigenvalue weighted by Gasteiger charge is 2.36. The Morgan fingerprint density at radius 1 is 0.974 bits per heavy atom.